The number of halogens is 1. The van der Waals surface area contributed by atoms with Crippen LogP contribution in [0.3, 0.4) is 0 Å². The van der Waals surface area contributed by atoms with Crippen molar-refractivity contribution >= 4 is 0 Å². The lowest BCUT2D eigenvalue weighted by Gasteiger charge is -2.39. The molecule has 2 rings (SSSR count). The Morgan fingerprint density at radius 3 is 2.70 bits per heavy atom. The molecular weight excluding hydrogens is 251 g/mol. The first-order valence-electron chi connectivity index (χ1n) is 7.73. The van der Waals surface area contributed by atoms with E-state index >= 15 is 0 Å². The number of likely N-dealkylation sites (tertiary alicyclic amines) is 1. The molecule has 0 spiro atoms. The van der Waals surface area contributed by atoms with E-state index in [1.807, 2.05) is 6.07 Å². The predicted molar refractivity (Wildman–Crippen MR) is 81.9 cm³/mol. The molecule has 3 heteroatoms. The fourth-order valence-electron chi connectivity index (χ4n) is 3.26. The lowest BCUT2D eigenvalue weighted by molar-refractivity contribution is 0.107. The maximum Gasteiger partial charge on any atom is 0.127 e. The molecule has 1 aromatic carbocycles. The number of benzene rings is 1. The second kappa shape index (κ2) is 6.68. The average molecular weight is 278 g/mol. The van der Waals surface area contributed by atoms with Crippen LogP contribution in [0.2, 0.25) is 0 Å². The summed E-state index contributed by atoms with van der Waals surface area (Å²) in [5, 5.41) is 0. The zero-order chi connectivity index (χ0) is 14.7. The summed E-state index contributed by atoms with van der Waals surface area (Å²) in [6.45, 7) is 8.82. The van der Waals surface area contributed by atoms with Crippen LogP contribution in [-0.2, 0) is 0 Å². The van der Waals surface area contributed by atoms with Gasteiger partial charge in [-0.1, -0.05) is 32.0 Å². The molecule has 1 aliphatic heterocycles. The van der Waals surface area contributed by atoms with Gasteiger partial charge in [-0.15, -0.1) is 0 Å². The molecule has 0 aromatic heterocycles. The van der Waals surface area contributed by atoms with E-state index < -0.39 is 0 Å². The molecule has 4 atom stereocenters. The highest BCUT2D eigenvalue weighted by Gasteiger charge is 2.26. The molecule has 112 valence electrons. The minimum atomic E-state index is -0.234. The lowest BCUT2D eigenvalue weighted by Crippen LogP contribution is -2.44. The Bertz CT molecular complexity index is 435. The van der Waals surface area contributed by atoms with Crippen LogP contribution in [0, 0.1) is 17.7 Å². The molecule has 0 radical (unpaired) electrons. The largest absolute Gasteiger partial charge is 0.324 e. The Morgan fingerprint density at radius 1 is 1.35 bits per heavy atom. The van der Waals surface area contributed by atoms with Crippen LogP contribution >= 0.6 is 0 Å². The van der Waals surface area contributed by atoms with Crippen molar-refractivity contribution in [3.8, 4) is 0 Å². The van der Waals surface area contributed by atoms with Crippen LogP contribution in [0.25, 0.3) is 0 Å². The zero-order valence-electron chi connectivity index (χ0n) is 12.8. The van der Waals surface area contributed by atoms with Crippen molar-refractivity contribution < 1.29 is 4.39 Å². The standard InChI is InChI=1S/C17H27FN2/c1-12-8-9-20(14(3)10-12)11-13(2)17(19)15-6-4-5-7-16(15)18/h4-7,12-14,17H,8-11,19H2,1-3H3. The van der Waals surface area contributed by atoms with Crippen LogP contribution in [0.15, 0.2) is 24.3 Å². The van der Waals surface area contributed by atoms with Gasteiger partial charge >= 0.3 is 0 Å². The fraction of sp³-hybridized carbons (Fsp3) is 0.647. The van der Waals surface area contributed by atoms with Crippen molar-refractivity contribution in [1.82, 2.24) is 4.90 Å². The van der Waals surface area contributed by atoms with Gasteiger partial charge in [-0.05, 0) is 44.2 Å². The monoisotopic (exact) mass is 278 g/mol. The van der Waals surface area contributed by atoms with E-state index in [1.165, 1.54) is 18.9 Å². The molecule has 1 heterocycles. The molecular formula is C17H27FN2. The summed E-state index contributed by atoms with van der Waals surface area (Å²) in [4.78, 5) is 2.51. The smallest absolute Gasteiger partial charge is 0.127 e. The first-order chi connectivity index (χ1) is 9.49. The third-order valence-electron chi connectivity index (χ3n) is 4.68. The SMILES string of the molecule is CC1CCN(CC(C)C(N)c2ccccc2F)C(C)C1. The van der Waals surface area contributed by atoms with Crippen molar-refractivity contribution in [3.63, 3.8) is 0 Å². The van der Waals surface area contributed by atoms with Gasteiger partial charge in [0.25, 0.3) is 0 Å². The number of nitrogens with zero attached hydrogens (tertiary/aromatic N) is 1. The summed E-state index contributed by atoms with van der Waals surface area (Å²) >= 11 is 0. The van der Waals surface area contributed by atoms with E-state index in [0.29, 0.717) is 11.6 Å². The van der Waals surface area contributed by atoms with Crippen molar-refractivity contribution in [2.75, 3.05) is 13.1 Å². The topological polar surface area (TPSA) is 29.3 Å². The maximum atomic E-state index is 13.8. The molecule has 2 N–H and O–H groups in total. The average Bonchev–Trinajstić information content (AvgIpc) is 2.41. The van der Waals surface area contributed by atoms with Crippen molar-refractivity contribution in [2.45, 2.75) is 45.7 Å². The predicted octanol–water partition coefficient (Wildman–Crippen LogP) is 3.58. The molecule has 2 nitrogen and oxygen atoms in total. The minimum Gasteiger partial charge on any atom is -0.324 e. The van der Waals surface area contributed by atoms with E-state index in [1.54, 1.807) is 12.1 Å². The first kappa shape index (κ1) is 15.5. The Morgan fingerprint density at radius 2 is 2.05 bits per heavy atom. The third-order valence-corrected chi connectivity index (χ3v) is 4.68. The van der Waals surface area contributed by atoms with Crippen LogP contribution in [0.1, 0.15) is 45.2 Å². The van der Waals surface area contributed by atoms with Crippen molar-refractivity contribution in [2.24, 2.45) is 17.6 Å². The lowest BCUT2D eigenvalue weighted by atomic mass is 9.90. The molecule has 1 fully saturated rings. The molecule has 4 unspecified atom stereocenters. The highest BCUT2D eigenvalue weighted by atomic mass is 19.1. The van der Waals surface area contributed by atoms with E-state index in [9.17, 15) is 4.39 Å². The van der Waals surface area contributed by atoms with Gasteiger partial charge in [0, 0.05) is 24.2 Å². The van der Waals surface area contributed by atoms with E-state index in [-0.39, 0.29) is 17.8 Å². The van der Waals surface area contributed by atoms with Crippen molar-refractivity contribution in [3.05, 3.63) is 35.6 Å². The molecule has 1 aliphatic rings. The Kier molecular flexibility index (Phi) is 5.17. The second-order valence-electron chi connectivity index (χ2n) is 6.50. The molecule has 0 amide bonds. The summed E-state index contributed by atoms with van der Waals surface area (Å²) in [5.74, 6) is 0.881. The van der Waals surface area contributed by atoms with Gasteiger partial charge in [0.2, 0.25) is 0 Å². The Hall–Kier alpha value is -0.930. The third kappa shape index (κ3) is 3.58. The quantitative estimate of drug-likeness (QED) is 0.912. The fourth-order valence-corrected chi connectivity index (χ4v) is 3.26. The summed E-state index contributed by atoms with van der Waals surface area (Å²) in [7, 11) is 0. The highest BCUT2D eigenvalue weighted by Crippen LogP contribution is 2.27. The van der Waals surface area contributed by atoms with Gasteiger partial charge < -0.3 is 10.6 Å². The number of nitrogens with two attached hydrogens (primary N) is 1. The molecule has 0 bridgehead atoms. The maximum absolute atomic E-state index is 13.8. The van der Waals surface area contributed by atoms with Gasteiger partial charge in [-0.3, -0.25) is 0 Å². The molecule has 1 saturated heterocycles. The van der Waals surface area contributed by atoms with Crippen molar-refractivity contribution in [1.29, 1.82) is 0 Å². The molecule has 0 aliphatic carbocycles. The van der Waals surface area contributed by atoms with Crippen LogP contribution in [0.4, 0.5) is 4.39 Å². The number of piperidine rings is 1. The summed E-state index contributed by atoms with van der Waals surface area (Å²) < 4.78 is 13.8. The van der Waals surface area contributed by atoms with E-state index in [2.05, 4.69) is 25.7 Å². The number of hydrogen-bond acceptors (Lipinski definition) is 2. The Balaban J connectivity index is 1.98. The second-order valence-corrected chi connectivity index (χ2v) is 6.50. The highest BCUT2D eigenvalue weighted by molar-refractivity contribution is 5.21. The van der Waals surface area contributed by atoms with Crippen LogP contribution < -0.4 is 5.73 Å². The summed E-state index contributed by atoms with van der Waals surface area (Å²) in [5.41, 5.74) is 6.90. The number of hydrogen-bond donors (Lipinski definition) is 1. The summed E-state index contributed by atoms with van der Waals surface area (Å²) in [6, 6.07) is 7.24. The van der Waals surface area contributed by atoms with Crippen LogP contribution in [-0.4, -0.2) is 24.0 Å². The molecule has 20 heavy (non-hydrogen) atoms. The molecule has 0 saturated carbocycles. The van der Waals surface area contributed by atoms with Gasteiger partial charge in [-0.25, -0.2) is 4.39 Å². The number of rotatable bonds is 4. The normalized spacial score (nSPS) is 27.2. The van der Waals surface area contributed by atoms with Gasteiger partial charge in [0.05, 0.1) is 0 Å². The van der Waals surface area contributed by atoms with Gasteiger partial charge in [0.15, 0.2) is 0 Å². The van der Waals surface area contributed by atoms with Gasteiger partial charge in [-0.2, -0.15) is 0 Å². The zero-order valence-corrected chi connectivity index (χ0v) is 12.8. The van der Waals surface area contributed by atoms with E-state index in [4.69, 9.17) is 5.73 Å². The first-order valence-corrected chi connectivity index (χ1v) is 7.73. The molecule has 1 aromatic rings. The van der Waals surface area contributed by atoms with Gasteiger partial charge in [0.1, 0.15) is 5.82 Å². The minimum absolute atomic E-state index is 0.188. The van der Waals surface area contributed by atoms with Crippen LogP contribution in [0.5, 0.6) is 0 Å². The van der Waals surface area contributed by atoms with E-state index in [0.717, 1.165) is 19.0 Å². The Labute approximate surface area is 122 Å². The summed E-state index contributed by atoms with van der Waals surface area (Å²) in [6.07, 6.45) is 2.51.